The molecule has 6 heteroatoms. The molecule has 0 spiro atoms. The van der Waals surface area contributed by atoms with Crippen LogP contribution in [0.3, 0.4) is 0 Å². The Morgan fingerprint density at radius 1 is 1.64 bits per heavy atom. The lowest BCUT2D eigenvalue weighted by molar-refractivity contribution is 0.145. The van der Waals surface area contributed by atoms with Crippen molar-refractivity contribution in [2.75, 3.05) is 0 Å². The molecule has 0 aliphatic rings. The highest BCUT2D eigenvalue weighted by Crippen LogP contribution is 2.26. The third-order valence-corrected chi connectivity index (χ3v) is 2.95. The number of pyridine rings is 1. The molecule has 0 saturated heterocycles. The van der Waals surface area contributed by atoms with Crippen LogP contribution in [-0.4, -0.2) is 4.98 Å². The monoisotopic (exact) mass is 328 g/mol. The molecular weight excluding hydrogens is 324 g/mol. The van der Waals surface area contributed by atoms with Gasteiger partial charge < -0.3 is 0 Å². The minimum atomic E-state index is -2.68. The van der Waals surface area contributed by atoms with Gasteiger partial charge in [-0.15, -0.1) is 0 Å². The Hall–Kier alpha value is -0.480. The molecule has 0 unspecified atom stereocenters. The molecule has 2 nitrogen and oxygen atoms in total. The van der Waals surface area contributed by atoms with Crippen LogP contribution < -0.4 is 0 Å². The number of hydrogen-bond acceptors (Lipinski definition) is 2. The molecule has 0 atom stereocenters. The summed E-state index contributed by atoms with van der Waals surface area (Å²) >= 11 is 7.47. The predicted molar refractivity (Wildman–Crippen MR) is 56.2 cm³/mol. The number of nitrogens with zero attached hydrogens (tertiary/aromatic N) is 2. The number of rotatable bonds is 2. The molecular formula is C8H4ClF2IN2. The second-order valence-corrected chi connectivity index (χ2v) is 3.87. The first-order chi connectivity index (χ1) is 6.56. The second kappa shape index (κ2) is 4.84. The van der Waals surface area contributed by atoms with Crippen LogP contribution in [0.25, 0.3) is 0 Å². The Labute approximate surface area is 98.0 Å². The molecule has 1 heterocycles. The van der Waals surface area contributed by atoms with E-state index in [0.29, 0.717) is 8.72 Å². The van der Waals surface area contributed by atoms with Crippen LogP contribution in [0.4, 0.5) is 8.78 Å². The maximum absolute atomic E-state index is 12.4. The molecule has 0 aliphatic heterocycles. The Bertz CT molecular complexity index is 390. The summed E-state index contributed by atoms with van der Waals surface area (Å²) in [5.41, 5.74) is -0.173. The van der Waals surface area contributed by atoms with Crippen molar-refractivity contribution in [2.24, 2.45) is 0 Å². The Morgan fingerprint density at radius 3 is 2.79 bits per heavy atom. The number of alkyl halides is 2. The minimum absolute atomic E-state index is 0.108. The first-order valence-electron chi connectivity index (χ1n) is 3.56. The van der Waals surface area contributed by atoms with Crippen molar-refractivity contribution in [3.8, 4) is 6.07 Å². The van der Waals surface area contributed by atoms with Gasteiger partial charge in [-0.2, -0.15) is 5.26 Å². The summed E-state index contributed by atoms with van der Waals surface area (Å²) in [6.45, 7) is 0. The maximum atomic E-state index is 12.4. The second-order valence-electron chi connectivity index (χ2n) is 2.44. The molecule has 0 N–H and O–H groups in total. The van der Waals surface area contributed by atoms with Crippen molar-refractivity contribution in [1.29, 1.82) is 5.26 Å². The summed E-state index contributed by atoms with van der Waals surface area (Å²) in [4.78, 5) is 3.64. The summed E-state index contributed by atoms with van der Waals surface area (Å²) in [6, 6.07) is 3.15. The highest BCUT2D eigenvalue weighted by Gasteiger charge is 2.16. The van der Waals surface area contributed by atoms with Crippen LogP contribution in [0.1, 0.15) is 17.7 Å². The van der Waals surface area contributed by atoms with Crippen molar-refractivity contribution in [3.63, 3.8) is 0 Å². The van der Waals surface area contributed by atoms with E-state index in [2.05, 4.69) is 4.98 Å². The molecule has 0 bridgehead atoms. The smallest absolute Gasteiger partial charge is 0.239 e. The van der Waals surface area contributed by atoms with E-state index in [0.717, 1.165) is 0 Å². The molecule has 0 aromatic carbocycles. The van der Waals surface area contributed by atoms with Crippen molar-refractivity contribution in [3.05, 3.63) is 26.0 Å². The van der Waals surface area contributed by atoms with Crippen molar-refractivity contribution in [2.45, 2.75) is 12.8 Å². The van der Waals surface area contributed by atoms with E-state index in [1.807, 2.05) is 0 Å². The van der Waals surface area contributed by atoms with Crippen LogP contribution in [0, 0.1) is 15.0 Å². The summed E-state index contributed by atoms with van der Waals surface area (Å²) in [6.07, 6.45) is -2.78. The van der Waals surface area contributed by atoms with Gasteiger partial charge in [0.1, 0.15) is 9.39 Å². The summed E-state index contributed by atoms with van der Waals surface area (Å²) in [5, 5.41) is 8.71. The van der Waals surface area contributed by atoms with Crippen molar-refractivity contribution < 1.29 is 8.78 Å². The van der Waals surface area contributed by atoms with E-state index in [4.69, 9.17) is 16.9 Å². The van der Waals surface area contributed by atoms with Gasteiger partial charge in [-0.05, 0) is 34.2 Å². The molecule has 1 rings (SSSR count). The van der Waals surface area contributed by atoms with Gasteiger partial charge in [-0.25, -0.2) is 13.8 Å². The van der Waals surface area contributed by atoms with Gasteiger partial charge >= 0.3 is 0 Å². The normalized spacial score (nSPS) is 10.3. The van der Waals surface area contributed by atoms with Gasteiger partial charge in [-0.1, -0.05) is 11.6 Å². The lowest BCUT2D eigenvalue weighted by Crippen LogP contribution is -2.00. The lowest BCUT2D eigenvalue weighted by atomic mass is 10.1. The SMILES string of the molecule is N#CCc1cc(Cl)c(I)nc1C(F)F. The summed E-state index contributed by atoms with van der Waals surface area (Å²) in [7, 11) is 0. The molecule has 0 radical (unpaired) electrons. The van der Waals surface area contributed by atoms with Gasteiger partial charge in [0.25, 0.3) is 6.43 Å². The van der Waals surface area contributed by atoms with E-state index in [9.17, 15) is 8.78 Å². The zero-order valence-electron chi connectivity index (χ0n) is 6.77. The fourth-order valence-electron chi connectivity index (χ4n) is 0.933. The maximum Gasteiger partial charge on any atom is 0.280 e. The molecule has 74 valence electrons. The first-order valence-corrected chi connectivity index (χ1v) is 5.02. The highest BCUT2D eigenvalue weighted by atomic mass is 127. The van der Waals surface area contributed by atoms with Gasteiger partial charge in [0, 0.05) is 0 Å². The zero-order valence-corrected chi connectivity index (χ0v) is 9.68. The Balaban J connectivity index is 3.25. The highest BCUT2D eigenvalue weighted by molar-refractivity contribution is 14.1. The fraction of sp³-hybridized carbons (Fsp3) is 0.250. The van der Waals surface area contributed by atoms with Gasteiger partial charge in [-0.3, -0.25) is 0 Å². The Kier molecular flexibility index (Phi) is 4.01. The average Bonchev–Trinajstić information content (AvgIpc) is 2.11. The van der Waals surface area contributed by atoms with Crippen LogP contribution in [0.15, 0.2) is 6.07 Å². The minimum Gasteiger partial charge on any atom is -0.239 e. The average molecular weight is 328 g/mol. The predicted octanol–water partition coefficient (Wildman–Crippen LogP) is 3.34. The standard InChI is InChI=1S/C8H4ClF2IN2/c9-5-3-4(1-2-13)6(7(10)11)14-8(5)12/h3,7H,1H2. The van der Waals surface area contributed by atoms with Crippen LogP contribution >= 0.6 is 34.2 Å². The zero-order chi connectivity index (χ0) is 10.7. The van der Waals surface area contributed by atoms with E-state index >= 15 is 0 Å². The lowest BCUT2D eigenvalue weighted by Gasteiger charge is -2.06. The summed E-state index contributed by atoms with van der Waals surface area (Å²) in [5.74, 6) is 0. The first kappa shape index (κ1) is 11.6. The van der Waals surface area contributed by atoms with Crippen LogP contribution in [0.2, 0.25) is 5.02 Å². The topological polar surface area (TPSA) is 36.7 Å². The van der Waals surface area contributed by atoms with Crippen molar-refractivity contribution in [1.82, 2.24) is 4.98 Å². The molecule has 0 amide bonds. The number of aromatic nitrogens is 1. The molecule has 1 aromatic heterocycles. The van der Waals surface area contributed by atoms with Crippen LogP contribution in [-0.2, 0) is 6.42 Å². The quantitative estimate of drug-likeness (QED) is 0.617. The summed E-state index contributed by atoms with van der Waals surface area (Å²) < 4.78 is 25.2. The Morgan fingerprint density at radius 2 is 2.29 bits per heavy atom. The number of nitriles is 1. The third-order valence-electron chi connectivity index (χ3n) is 1.52. The van der Waals surface area contributed by atoms with Crippen molar-refractivity contribution >= 4 is 34.2 Å². The third kappa shape index (κ3) is 2.51. The largest absolute Gasteiger partial charge is 0.280 e. The number of hydrogen-bond donors (Lipinski definition) is 0. The van der Waals surface area contributed by atoms with E-state index in [-0.39, 0.29) is 17.7 Å². The van der Waals surface area contributed by atoms with E-state index in [1.54, 1.807) is 28.7 Å². The molecule has 14 heavy (non-hydrogen) atoms. The number of halogens is 4. The molecule has 0 fully saturated rings. The molecule has 0 saturated carbocycles. The fourth-order valence-corrected chi connectivity index (χ4v) is 1.52. The molecule has 1 aromatic rings. The van der Waals surface area contributed by atoms with E-state index in [1.165, 1.54) is 6.07 Å². The van der Waals surface area contributed by atoms with Gasteiger partial charge in [0.05, 0.1) is 17.5 Å². The van der Waals surface area contributed by atoms with Gasteiger partial charge in [0.2, 0.25) is 0 Å². The van der Waals surface area contributed by atoms with Gasteiger partial charge in [0.15, 0.2) is 0 Å². The molecule has 0 aliphatic carbocycles. The van der Waals surface area contributed by atoms with Crippen LogP contribution in [0.5, 0.6) is 0 Å². The van der Waals surface area contributed by atoms with E-state index < -0.39 is 6.43 Å².